The van der Waals surface area contributed by atoms with Crippen LogP contribution in [0.4, 0.5) is 0 Å². The first-order valence-corrected chi connectivity index (χ1v) is 8.75. The van der Waals surface area contributed by atoms with Crippen LogP contribution in [-0.2, 0) is 20.6 Å². The molecule has 8 heteroatoms. The largest absolute Gasteiger partial charge is 0.275 e. The highest BCUT2D eigenvalue weighted by Crippen LogP contribution is 2.28. The lowest BCUT2D eigenvalue weighted by atomic mass is 10.2. The van der Waals surface area contributed by atoms with E-state index in [1.165, 1.54) is 0 Å². The van der Waals surface area contributed by atoms with Gasteiger partial charge in [-0.2, -0.15) is 15.3 Å². The second-order valence-electron chi connectivity index (χ2n) is 6.11. The van der Waals surface area contributed by atoms with Gasteiger partial charge in [0, 0.05) is 47.7 Å². The Morgan fingerprint density at radius 3 is 2.23 bits per heavy atom. The van der Waals surface area contributed by atoms with Gasteiger partial charge in [-0.3, -0.25) is 14.0 Å². The molecule has 4 aromatic rings. The zero-order valence-corrected chi connectivity index (χ0v) is 15.8. The van der Waals surface area contributed by atoms with Crippen molar-refractivity contribution in [2.75, 3.05) is 0 Å². The molecule has 0 bridgehead atoms. The van der Waals surface area contributed by atoms with Crippen LogP contribution in [0.2, 0.25) is 10.0 Å². The molecule has 3 heterocycles. The van der Waals surface area contributed by atoms with E-state index in [9.17, 15) is 0 Å². The van der Waals surface area contributed by atoms with E-state index < -0.39 is 0 Å². The van der Waals surface area contributed by atoms with Crippen LogP contribution >= 0.6 is 23.2 Å². The first kappa shape index (κ1) is 16.9. The third-order valence-electron chi connectivity index (χ3n) is 4.12. The number of aryl methyl sites for hydroxylation is 2. The van der Waals surface area contributed by atoms with Crippen LogP contribution in [-0.4, -0.2) is 29.3 Å². The highest BCUT2D eigenvalue weighted by molar-refractivity contribution is 6.35. The minimum atomic E-state index is 0.528. The van der Waals surface area contributed by atoms with E-state index in [0.717, 1.165) is 28.1 Å². The van der Waals surface area contributed by atoms with E-state index in [1.54, 1.807) is 21.6 Å². The van der Waals surface area contributed by atoms with Gasteiger partial charge in [-0.05, 0) is 23.8 Å². The fourth-order valence-corrected chi connectivity index (χ4v) is 3.30. The number of aromatic nitrogens is 6. The Morgan fingerprint density at radius 1 is 0.923 bits per heavy atom. The van der Waals surface area contributed by atoms with E-state index in [4.69, 9.17) is 28.3 Å². The molecular weight excluding hydrogens is 371 g/mol. The molecule has 6 nitrogen and oxygen atoms in total. The molecule has 0 aliphatic carbocycles. The molecule has 4 rings (SSSR count). The highest BCUT2D eigenvalue weighted by atomic mass is 35.5. The van der Waals surface area contributed by atoms with E-state index in [0.29, 0.717) is 16.6 Å². The summed E-state index contributed by atoms with van der Waals surface area (Å²) in [5.74, 6) is 0. The number of hydrogen-bond acceptors (Lipinski definition) is 3. The lowest BCUT2D eigenvalue weighted by Gasteiger charge is -2.08. The first-order valence-electron chi connectivity index (χ1n) is 7.99. The second kappa shape index (κ2) is 6.63. The minimum Gasteiger partial charge on any atom is -0.275 e. The van der Waals surface area contributed by atoms with Crippen LogP contribution in [0.25, 0.3) is 22.5 Å². The molecule has 0 saturated heterocycles. The summed E-state index contributed by atoms with van der Waals surface area (Å²) in [6.07, 6.45) is 7.53. The summed E-state index contributed by atoms with van der Waals surface area (Å²) in [5.41, 5.74) is 4.70. The fourth-order valence-electron chi connectivity index (χ4n) is 2.83. The lowest BCUT2D eigenvalue weighted by molar-refractivity contribution is 0.697. The van der Waals surface area contributed by atoms with Gasteiger partial charge in [0.15, 0.2) is 0 Å². The van der Waals surface area contributed by atoms with Gasteiger partial charge >= 0.3 is 0 Å². The first-order chi connectivity index (χ1) is 12.5. The summed E-state index contributed by atoms with van der Waals surface area (Å²) in [6.45, 7) is 0.528. The van der Waals surface area contributed by atoms with Gasteiger partial charge in [0.05, 0.1) is 30.3 Å². The zero-order chi connectivity index (χ0) is 18.3. The van der Waals surface area contributed by atoms with Crippen LogP contribution < -0.4 is 0 Å². The molecule has 0 atom stereocenters. The average Bonchev–Trinajstić information content (AvgIpc) is 3.30. The van der Waals surface area contributed by atoms with Crippen LogP contribution in [0, 0.1) is 0 Å². The molecule has 26 heavy (non-hydrogen) atoms. The molecule has 0 radical (unpaired) electrons. The molecule has 1 aromatic carbocycles. The molecule has 0 aliphatic rings. The van der Waals surface area contributed by atoms with Crippen LogP contribution in [0.1, 0.15) is 5.56 Å². The summed E-state index contributed by atoms with van der Waals surface area (Å²) in [4.78, 5) is 0. The number of hydrogen-bond donors (Lipinski definition) is 0. The SMILES string of the molecule is Cn1cc(-c2cc(-c3cnn(C)c3)n(Cc3ccc(Cl)cc3Cl)n2)cn1. The highest BCUT2D eigenvalue weighted by Gasteiger charge is 2.15. The number of nitrogens with zero attached hydrogens (tertiary/aromatic N) is 6. The molecule has 132 valence electrons. The van der Waals surface area contributed by atoms with Crippen molar-refractivity contribution in [2.45, 2.75) is 6.54 Å². The molecule has 0 fully saturated rings. The van der Waals surface area contributed by atoms with Gasteiger partial charge < -0.3 is 0 Å². The monoisotopic (exact) mass is 386 g/mol. The Morgan fingerprint density at radius 2 is 1.62 bits per heavy atom. The summed E-state index contributed by atoms with van der Waals surface area (Å²) in [5, 5.41) is 14.5. The molecule has 0 saturated carbocycles. The molecule has 0 amide bonds. The maximum atomic E-state index is 6.35. The Hall–Kier alpha value is -2.57. The fraction of sp³-hybridized carbons (Fsp3) is 0.167. The number of rotatable bonds is 4. The van der Waals surface area contributed by atoms with Crippen molar-refractivity contribution in [3.63, 3.8) is 0 Å². The summed E-state index contributed by atoms with van der Waals surface area (Å²) in [6, 6.07) is 7.53. The van der Waals surface area contributed by atoms with Crippen molar-refractivity contribution >= 4 is 23.2 Å². The topological polar surface area (TPSA) is 53.5 Å². The lowest BCUT2D eigenvalue weighted by Crippen LogP contribution is -2.04. The maximum absolute atomic E-state index is 6.35. The molecular formula is C18H16Cl2N6. The predicted octanol–water partition coefficient (Wildman–Crippen LogP) is 4.04. The number of benzene rings is 1. The van der Waals surface area contributed by atoms with Gasteiger partial charge in [-0.1, -0.05) is 29.3 Å². The van der Waals surface area contributed by atoms with E-state index in [1.807, 2.05) is 55.6 Å². The van der Waals surface area contributed by atoms with Gasteiger partial charge in [0.25, 0.3) is 0 Å². The minimum absolute atomic E-state index is 0.528. The Kier molecular flexibility index (Phi) is 4.30. The van der Waals surface area contributed by atoms with Crippen LogP contribution in [0.3, 0.4) is 0 Å². The summed E-state index contributed by atoms with van der Waals surface area (Å²) in [7, 11) is 3.78. The smallest absolute Gasteiger partial charge is 0.0961 e. The maximum Gasteiger partial charge on any atom is 0.0961 e. The van der Waals surface area contributed by atoms with E-state index in [-0.39, 0.29) is 0 Å². The second-order valence-corrected chi connectivity index (χ2v) is 6.96. The van der Waals surface area contributed by atoms with Crippen LogP contribution in [0.5, 0.6) is 0 Å². The third-order valence-corrected chi connectivity index (χ3v) is 4.70. The summed E-state index contributed by atoms with van der Waals surface area (Å²) < 4.78 is 5.45. The zero-order valence-electron chi connectivity index (χ0n) is 14.3. The van der Waals surface area contributed by atoms with Crippen molar-refractivity contribution in [1.82, 2.24) is 29.3 Å². The molecule has 0 spiro atoms. The van der Waals surface area contributed by atoms with Gasteiger partial charge in [-0.15, -0.1) is 0 Å². The van der Waals surface area contributed by atoms with Gasteiger partial charge in [-0.25, -0.2) is 0 Å². The van der Waals surface area contributed by atoms with Crippen molar-refractivity contribution in [1.29, 1.82) is 0 Å². The Bertz CT molecular complexity index is 1080. The van der Waals surface area contributed by atoms with Crippen molar-refractivity contribution in [3.05, 3.63) is 64.7 Å². The number of halogens is 2. The quantitative estimate of drug-likeness (QED) is 0.531. The molecule has 0 unspecified atom stereocenters. The van der Waals surface area contributed by atoms with E-state index >= 15 is 0 Å². The van der Waals surface area contributed by atoms with E-state index in [2.05, 4.69) is 10.2 Å². The standard InChI is InChI=1S/C18H16Cl2N6/c1-24-9-13(7-21-24)17-6-18(14-8-22-25(2)10-14)26(23-17)11-12-3-4-15(19)5-16(12)20/h3-10H,11H2,1-2H3. The van der Waals surface area contributed by atoms with Crippen molar-refractivity contribution < 1.29 is 0 Å². The molecule has 0 N–H and O–H groups in total. The molecule has 3 aromatic heterocycles. The molecule has 0 aliphatic heterocycles. The summed E-state index contributed by atoms with van der Waals surface area (Å²) >= 11 is 12.4. The third kappa shape index (κ3) is 3.25. The normalized spacial score (nSPS) is 11.2. The van der Waals surface area contributed by atoms with Crippen molar-refractivity contribution in [3.8, 4) is 22.5 Å². The van der Waals surface area contributed by atoms with Crippen LogP contribution in [0.15, 0.2) is 49.1 Å². The Balaban J connectivity index is 1.79. The van der Waals surface area contributed by atoms with Crippen molar-refractivity contribution in [2.24, 2.45) is 14.1 Å². The Labute approximate surface area is 160 Å². The van der Waals surface area contributed by atoms with Gasteiger partial charge in [0.2, 0.25) is 0 Å². The predicted molar refractivity (Wildman–Crippen MR) is 102 cm³/mol. The van der Waals surface area contributed by atoms with Gasteiger partial charge in [0.1, 0.15) is 0 Å². The average molecular weight is 387 g/mol.